The number of para-hydroxylation sites is 1. The number of hydrogen-bond acceptors (Lipinski definition) is 5. The molecule has 2 aromatic rings. The minimum atomic E-state index is -0.246. The van der Waals surface area contributed by atoms with Crippen LogP contribution >= 0.6 is 0 Å². The number of aliphatic hydroxyl groups excluding tert-OH is 1. The number of aliphatic hydroxyl groups is 1. The van der Waals surface area contributed by atoms with Gasteiger partial charge in [0.15, 0.2) is 5.82 Å². The number of rotatable bonds is 5. The van der Waals surface area contributed by atoms with Crippen LogP contribution in [0.15, 0.2) is 18.2 Å². The van der Waals surface area contributed by atoms with Crippen LogP contribution in [-0.2, 0) is 6.61 Å². The Bertz CT molecular complexity index is 807. The molecule has 0 radical (unpaired) electrons. The lowest BCUT2D eigenvalue weighted by Crippen LogP contribution is -2.44. The van der Waals surface area contributed by atoms with Crippen molar-refractivity contribution in [2.75, 3.05) is 0 Å². The van der Waals surface area contributed by atoms with Gasteiger partial charge in [0.25, 0.3) is 5.91 Å². The summed E-state index contributed by atoms with van der Waals surface area (Å²) in [4.78, 5) is 12.4. The van der Waals surface area contributed by atoms with Crippen molar-refractivity contribution in [2.24, 2.45) is 0 Å². The number of nitrogens with zero attached hydrogens (tertiary/aromatic N) is 3. The molecular weight excluding hydrogens is 320 g/mol. The number of aryl methyl sites for hydroxylation is 1. The molecule has 25 heavy (non-hydrogen) atoms. The molecule has 132 valence electrons. The van der Waals surface area contributed by atoms with Gasteiger partial charge in [-0.1, -0.05) is 12.1 Å². The van der Waals surface area contributed by atoms with Crippen LogP contribution in [0, 0.1) is 6.92 Å². The molecule has 2 fully saturated rings. The fraction of sp³-hybridized carbons (Fsp3) is 0.500. The number of aromatic hydroxyl groups is 1. The Morgan fingerprint density at radius 1 is 1.32 bits per heavy atom. The highest BCUT2D eigenvalue weighted by molar-refractivity contribution is 5.97. The lowest BCUT2D eigenvalue weighted by atomic mass is 9.79. The summed E-state index contributed by atoms with van der Waals surface area (Å²) < 4.78 is 2.08. The van der Waals surface area contributed by atoms with Crippen LogP contribution in [0.25, 0.3) is 0 Å². The Labute approximate surface area is 145 Å². The van der Waals surface area contributed by atoms with Gasteiger partial charge in [-0.25, -0.2) is 0 Å². The number of carbonyl (C=O) groups excluding carboxylic acids is 1. The third kappa shape index (κ3) is 2.89. The molecule has 0 saturated heterocycles. The van der Waals surface area contributed by atoms with Crippen LogP contribution in [0.1, 0.15) is 65.2 Å². The average Bonchev–Trinajstić information content (AvgIpc) is 3.32. The predicted molar refractivity (Wildman–Crippen MR) is 90.3 cm³/mol. The highest BCUT2D eigenvalue weighted by atomic mass is 16.3. The molecule has 0 unspecified atom stereocenters. The SMILES string of the molecule is Cc1cccc(C(=O)NC2CC(c3nnc(CO)n3C3CC3)C2)c1O. The molecule has 2 aliphatic carbocycles. The van der Waals surface area contributed by atoms with Crippen LogP contribution in [0.4, 0.5) is 0 Å². The minimum Gasteiger partial charge on any atom is -0.507 e. The van der Waals surface area contributed by atoms with E-state index < -0.39 is 0 Å². The fourth-order valence-electron chi connectivity index (χ4n) is 3.51. The van der Waals surface area contributed by atoms with E-state index in [4.69, 9.17) is 0 Å². The lowest BCUT2D eigenvalue weighted by molar-refractivity contribution is 0.0903. The molecule has 0 aliphatic heterocycles. The van der Waals surface area contributed by atoms with Gasteiger partial charge >= 0.3 is 0 Å². The number of benzene rings is 1. The largest absolute Gasteiger partial charge is 0.507 e. The third-order valence-electron chi connectivity index (χ3n) is 5.17. The topological polar surface area (TPSA) is 100 Å². The summed E-state index contributed by atoms with van der Waals surface area (Å²) in [5.74, 6) is 1.61. The van der Waals surface area contributed by atoms with E-state index in [1.54, 1.807) is 25.1 Å². The number of phenolic OH excluding ortho intramolecular Hbond substituents is 1. The Kier molecular flexibility index (Phi) is 3.95. The maximum absolute atomic E-state index is 12.4. The molecule has 4 rings (SSSR count). The first-order valence-corrected chi connectivity index (χ1v) is 8.72. The van der Waals surface area contributed by atoms with E-state index in [1.807, 2.05) is 0 Å². The maximum atomic E-state index is 12.4. The van der Waals surface area contributed by atoms with E-state index in [2.05, 4.69) is 20.1 Å². The summed E-state index contributed by atoms with van der Waals surface area (Å²) in [5.41, 5.74) is 1.00. The monoisotopic (exact) mass is 342 g/mol. The van der Waals surface area contributed by atoms with Gasteiger partial charge in [0.2, 0.25) is 0 Å². The number of amides is 1. The second-order valence-corrected chi connectivity index (χ2v) is 7.04. The molecule has 3 N–H and O–H groups in total. The molecule has 1 heterocycles. The van der Waals surface area contributed by atoms with Crippen molar-refractivity contribution in [3.63, 3.8) is 0 Å². The summed E-state index contributed by atoms with van der Waals surface area (Å²) in [6, 6.07) is 5.66. The molecule has 1 amide bonds. The Morgan fingerprint density at radius 3 is 2.76 bits per heavy atom. The van der Waals surface area contributed by atoms with Crippen molar-refractivity contribution in [3.8, 4) is 5.75 Å². The van der Waals surface area contributed by atoms with E-state index in [0.717, 1.165) is 31.5 Å². The van der Waals surface area contributed by atoms with Crippen molar-refractivity contribution in [3.05, 3.63) is 41.0 Å². The molecular formula is C18H22N4O3. The highest BCUT2D eigenvalue weighted by Crippen LogP contribution is 2.42. The average molecular weight is 342 g/mol. The molecule has 0 spiro atoms. The van der Waals surface area contributed by atoms with Crippen LogP contribution in [0.3, 0.4) is 0 Å². The van der Waals surface area contributed by atoms with Gasteiger partial charge in [0.1, 0.15) is 18.2 Å². The summed E-state index contributed by atoms with van der Waals surface area (Å²) in [6.07, 6.45) is 3.82. The van der Waals surface area contributed by atoms with E-state index >= 15 is 0 Å². The second kappa shape index (κ2) is 6.15. The van der Waals surface area contributed by atoms with Crippen LogP contribution in [-0.4, -0.2) is 36.9 Å². The summed E-state index contributed by atoms with van der Waals surface area (Å²) in [7, 11) is 0. The van der Waals surface area contributed by atoms with E-state index in [9.17, 15) is 15.0 Å². The molecule has 2 saturated carbocycles. The zero-order valence-electron chi connectivity index (χ0n) is 14.1. The van der Waals surface area contributed by atoms with Gasteiger partial charge in [0.05, 0.1) is 5.56 Å². The molecule has 1 aromatic heterocycles. The van der Waals surface area contributed by atoms with Crippen molar-refractivity contribution >= 4 is 5.91 Å². The fourth-order valence-corrected chi connectivity index (χ4v) is 3.51. The number of phenols is 1. The first-order chi connectivity index (χ1) is 12.1. The van der Waals surface area contributed by atoms with Crippen LogP contribution < -0.4 is 5.32 Å². The van der Waals surface area contributed by atoms with Gasteiger partial charge in [0, 0.05) is 18.0 Å². The third-order valence-corrected chi connectivity index (χ3v) is 5.17. The van der Waals surface area contributed by atoms with Gasteiger partial charge < -0.3 is 20.1 Å². The Hall–Kier alpha value is -2.41. The Morgan fingerprint density at radius 2 is 2.08 bits per heavy atom. The first-order valence-electron chi connectivity index (χ1n) is 8.72. The van der Waals surface area contributed by atoms with Crippen molar-refractivity contribution in [2.45, 2.75) is 57.2 Å². The van der Waals surface area contributed by atoms with Gasteiger partial charge in [-0.15, -0.1) is 10.2 Å². The lowest BCUT2D eigenvalue weighted by Gasteiger charge is -2.35. The quantitative estimate of drug-likeness (QED) is 0.769. The standard InChI is InChI=1S/C18H22N4O3/c1-10-3-2-4-14(16(10)24)18(25)19-12-7-11(8-12)17-21-20-15(9-23)22(17)13-5-6-13/h2-4,11-13,23-24H,5-9H2,1H3,(H,19,25). The maximum Gasteiger partial charge on any atom is 0.255 e. The number of carbonyl (C=O) groups is 1. The molecule has 7 nitrogen and oxygen atoms in total. The van der Waals surface area contributed by atoms with E-state index in [1.165, 1.54) is 0 Å². The van der Waals surface area contributed by atoms with Crippen molar-refractivity contribution < 1.29 is 15.0 Å². The van der Waals surface area contributed by atoms with Gasteiger partial charge in [-0.2, -0.15) is 0 Å². The number of aromatic nitrogens is 3. The van der Waals surface area contributed by atoms with Crippen LogP contribution in [0.2, 0.25) is 0 Å². The summed E-state index contributed by atoms with van der Waals surface area (Å²) >= 11 is 0. The molecule has 0 atom stereocenters. The highest BCUT2D eigenvalue weighted by Gasteiger charge is 2.38. The molecule has 7 heteroatoms. The molecule has 2 aliphatic rings. The minimum absolute atomic E-state index is 0.0388. The van der Waals surface area contributed by atoms with E-state index in [0.29, 0.717) is 23.0 Å². The Balaban J connectivity index is 1.40. The summed E-state index contributed by atoms with van der Waals surface area (Å²) in [6.45, 7) is 1.68. The molecule has 1 aromatic carbocycles. The second-order valence-electron chi connectivity index (χ2n) is 7.04. The van der Waals surface area contributed by atoms with Gasteiger partial charge in [-0.3, -0.25) is 4.79 Å². The smallest absolute Gasteiger partial charge is 0.255 e. The van der Waals surface area contributed by atoms with Crippen molar-refractivity contribution in [1.29, 1.82) is 0 Å². The normalized spacial score (nSPS) is 22.5. The summed E-state index contributed by atoms with van der Waals surface area (Å²) in [5, 5.41) is 30.8. The molecule has 0 bridgehead atoms. The predicted octanol–water partition coefficient (Wildman–Crippen LogP) is 1.80. The number of nitrogens with one attached hydrogen (secondary N) is 1. The number of hydrogen-bond donors (Lipinski definition) is 3. The van der Waals surface area contributed by atoms with E-state index in [-0.39, 0.29) is 30.2 Å². The first kappa shape index (κ1) is 16.1. The zero-order valence-corrected chi connectivity index (χ0v) is 14.1. The van der Waals surface area contributed by atoms with Crippen LogP contribution in [0.5, 0.6) is 5.75 Å². The van der Waals surface area contributed by atoms with Gasteiger partial charge in [-0.05, 0) is 44.2 Å². The zero-order chi connectivity index (χ0) is 17.6. The van der Waals surface area contributed by atoms with Crippen molar-refractivity contribution in [1.82, 2.24) is 20.1 Å².